The fraction of sp³-hybridized carbons (Fsp3) is 0.250. The van der Waals surface area contributed by atoms with Crippen LogP contribution in [0.1, 0.15) is 21.7 Å². The number of aromatic nitrogens is 3. The molecule has 0 radical (unpaired) electrons. The highest BCUT2D eigenvalue weighted by Gasteiger charge is 2.11. The van der Waals surface area contributed by atoms with Gasteiger partial charge in [-0.1, -0.05) is 11.6 Å². The molecule has 1 amide bonds. The molecule has 1 aromatic carbocycles. The van der Waals surface area contributed by atoms with E-state index < -0.39 is 11.7 Å². The molecule has 0 aliphatic rings. The summed E-state index contributed by atoms with van der Waals surface area (Å²) in [5, 5.41) is 9.02. The van der Waals surface area contributed by atoms with Gasteiger partial charge in [0.1, 0.15) is 18.0 Å². The van der Waals surface area contributed by atoms with Crippen molar-refractivity contribution in [3.05, 3.63) is 47.3 Å². The number of nitrogens with zero attached hydrogens (tertiary/aromatic N) is 2. The van der Waals surface area contributed by atoms with E-state index in [1.165, 1.54) is 18.5 Å². The van der Waals surface area contributed by atoms with Crippen LogP contribution in [0.3, 0.4) is 0 Å². The predicted octanol–water partition coefficient (Wildman–Crippen LogP) is 1.22. The molecule has 0 aliphatic heterocycles. The Hall–Kier alpha value is -2.24. The monoisotopic (exact) mass is 248 g/mol. The molecule has 0 aliphatic carbocycles. The van der Waals surface area contributed by atoms with Crippen molar-refractivity contribution in [1.82, 2.24) is 20.5 Å². The van der Waals surface area contributed by atoms with Crippen LogP contribution < -0.4 is 5.32 Å². The summed E-state index contributed by atoms with van der Waals surface area (Å²) in [6, 6.07) is 4.44. The molecule has 0 saturated carbocycles. The molecule has 1 aromatic heterocycles. The van der Waals surface area contributed by atoms with Gasteiger partial charge in [0.05, 0.1) is 5.56 Å². The quantitative estimate of drug-likeness (QED) is 0.854. The average Bonchev–Trinajstić information content (AvgIpc) is 2.85. The number of rotatable bonds is 4. The van der Waals surface area contributed by atoms with Gasteiger partial charge in [0.25, 0.3) is 5.91 Å². The van der Waals surface area contributed by atoms with Gasteiger partial charge in [-0.3, -0.25) is 9.89 Å². The van der Waals surface area contributed by atoms with E-state index >= 15 is 0 Å². The number of halogens is 1. The number of hydrogen-bond donors (Lipinski definition) is 2. The average molecular weight is 248 g/mol. The molecular weight excluding hydrogens is 235 g/mol. The van der Waals surface area contributed by atoms with Gasteiger partial charge in [-0.25, -0.2) is 9.37 Å². The van der Waals surface area contributed by atoms with Crippen molar-refractivity contribution in [1.29, 1.82) is 0 Å². The summed E-state index contributed by atoms with van der Waals surface area (Å²) < 4.78 is 13.4. The lowest BCUT2D eigenvalue weighted by molar-refractivity contribution is 0.0950. The molecular formula is C12H13FN4O. The van der Waals surface area contributed by atoms with Crippen molar-refractivity contribution in [3.8, 4) is 0 Å². The van der Waals surface area contributed by atoms with Gasteiger partial charge in [-0.2, -0.15) is 5.10 Å². The molecule has 0 atom stereocenters. The van der Waals surface area contributed by atoms with Crippen LogP contribution in [-0.2, 0) is 6.42 Å². The van der Waals surface area contributed by atoms with Crippen molar-refractivity contribution in [2.45, 2.75) is 13.3 Å². The molecule has 94 valence electrons. The smallest absolute Gasteiger partial charge is 0.254 e. The molecule has 0 spiro atoms. The Labute approximate surface area is 103 Å². The van der Waals surface area contributed by atoms with E-state index in [-0.39, 0.29) is 5.56 Å². The minimum Gasteiger partial charge on any atom is -0.351 e. The molecule has 0 unspecified atom stereocenters. The van der Waals surface area contributed by atoms with E-state index in [0.29, 0.717) is 18.8 Å². The predicted molar refractivity (Wildman–Crippen MR) is 63.6 cm³/mol. The summed E-state index contributed by atoms with van der Waals surface area (Å²) in [6.07, 6.45) is 1.93. The van der Waals surface area contributed by atoms with E-state index in [2.05, 4.69) is 20.5 Å². The van der Waals surface area contributed by atoms with E-state index in [0.717, 1.165) is 5.56 Å². The Morgan fingerprint density at radius 3 is 3.06 bits per heavy atom. The third-order valence-corrected chi connectivity index (χ3v) is 2.48. The van der Waals surface area contributed by atoms with Crippen molar-refractivity contribution < 1.29 is 9.18 Å². The zero-order valence-corrected chi connectivity index (χ0v) is 9.90. The highest BCUT2D eigenvalue weighted by atomic mass is 19.1. The number of carbonyl (C=O) groups is 1. The standard InChI is InChI=1S/C12H13FN4O/c1-8-2-3-10(13)9(6-8)12(18)14-5-4-11-15-7-16-17-11/h2-3,6-7H,4-5H2,1H3,(H,14,18)(H,15,16,17). The van der Waals surface area contributed by atoms with Crippen LogP contribution in [0.5, 0.6) is 0 Å². The molecule has 5 nitrogen and oxygen atoms in total. The summed E-state index contributed by atoms with van der Waals surface area (Å²) in [7, 11) is 0. The number of aryl methyl sites for hydroxylation is 1. The molecule has 2 rings (SSSR count). The van der Waals surface area contributed by atoms with E-state index in [9.17, 15) is 9.18 Å². The first-order valence-electron chi connectivity index (χ1n) is 5.55. The maximum absolute atomic E-state index is 13.4. The summed E-state index contributed by atoms with van der Waals surface area (Å²) in [4.78, 5) is 15.7. The fourth-order valence-electron chi connectivity index (χ4n) is 1.55. The molecule has 0 saturated heterocycles. The molecule has 0 fully saturated rings. The summed E-state index contributed by atoms with van der Waals surface area (Å²) >= 11 is 0. The van der Waals surface area contributed by atoms with Crippen LogP contribution in [-0.4, -0.2) is 27.6 Å². The Morgan fingerprint density at radius 1 is 1.50 bits per heavy atom. The Bertz CT molecular complexity index is 539. The molecule has 6 heteroatoms. The van der Waals surface area contributed by atoms with E-state index in [1.807, 2.05) is 6.92 Å². The number of hydrogen-bond acceptors (Lipinski definition) is 3. The largest absolute Gasteiger partial charge is 0.351 e. The van der Waals surface area contributed by atoms with E-state index in [4.69, 9.17) is 0 Å². The topological polar surface area (TPSA) is 70.7 Å². The van der Waals surface area contributed by atoms with Crippen LogP contribution in [0, 0.1) is 12.7 Å². The second-order valence-electron chi connectivity index (χ2n) is 3.92. The number of H-pyrrole nitrogens is 1. The highest BCUT2D eigenvalue weighted by Crippen LogP contribution is 2.09. The van der Waals surface area contributed by atoms with Crippen molar-refractivity contribution >= 4 is 5.91 Å². The lowest BCUT2D eigenvalue weighted by Crippen LogP contribution is -2.26. The molecule has 2 aromatic rings. The normalized spacial score (nSPS) is 10.3. The van der Waals surface area contributed by atoms with Crippen molar-refractivity contribution in [2.24, 2.45) is 0 Å². The van der Waals surface area contributed by atoms with Gasteiger partial charge < -0.3 is 5.32 Å². The lowest BCUT2D eigenvalue weighted by Gasteiger charge is -2.05. The maximum atomic E-state index is 13.4. The summed E-state index contributed by atoms with van der Waals surface area (Å²) in [5.74, 6) is -0.256. The van der Waals surface area contributed by atoms with Crippen LogP contribution in [0.4, 0.5) is 4.39 Å². The van der Waals surface area contributed by atoms with Gasteiger partial charge in [0.15, 0.2) is 0 Å². The first kappa shape index (κ1) is 12.2. The lowest BCUT2D eigenvalue weighted by atomic mass is 10.1. The number of carbonyl (C=O) groups excluding carboxylic acids is 1. The Kier molecular flexibility index (Phi) is 3.66. The molecule has 2 N–H and O–H groups in total. The number of aromatic amines is 1. The van der Waals surface area contributed by atoms with Crippen LogP contribution in [0.15, 0.2) is 24.5 Å². The Morgan fingerprint density at radius 2 is 2.33 bits per heavy atom. The zero-order valence-electron chi connectivity index (χ0n) is 9.90. The Balaban J connectivity index is 1.93. The van der Waals surface area contributed by atoms with Gasteiger partial charge in [0, 0.05) is 13.0 Å². The van der Waals surface area contributed by atoms with Crippen LogP contribution in [0.2, 0.25) is 0 Å². The molecule has 1 heterocycles. The van der Waals surface area contributed by atoms with Gasteiger partial charge in [0.2, 0.25) is 0 Å². The number of benzene rings is 1. The third-order valence-electron chi connectivity index (χ3n) is 2.48. The zero-order chi connectivity index (χ0) is 13.0. The minimum atomic E-state index is -0.516. The van der Waals surface area contributed by atoms with Crippen molar-refractivity contribution in [2.75, 3.05) is 6.54 Å². The summed E-state index contributed by atoms with van der Waals surface area (Å²) in [6.45, 7) is 2.19. The van der Waals surface area contributed by atoms with Crippen LogP contribution in [0.25, 0.3) is 0 Å². The van der Waals surface area contributed by atoms with Crippen molar-refractivity contribution in [3.63, 3.8) is 0 Å². The van der Waals surface area contributed by atoms with Gasteiger partial charge >= 0.3 is 0 Å². The second kappa shape index (κ2) is 5.39. The molecule has 18 heavy (non-hydrogen) atoms. The van der Waals surface area contributed by atoms with Gasteiger partial charge in [-0.15, -0.1) is 0 Å². The van der Waals surface area contributed by atoms with Gasteiger partial charge in [-0.05, 0) is 19.1 Å². The SMILES string of the molecule is Cc1ccc(F)c(C(=O)NCCc2ncn[nH]2)c1. The maximum Gasteiger partial charge on any atom is 0.254 e. The highest BCUT2D eigenvalue weighted by molar-refractivity contribution is 5.94. The second-order valence-corrected chi connectivity index (χ2v) is 3.92. The van der Waals surface area contributed by atoms with Crippen LogP contribution >= 0.6 is 0 Å². The number of nitrogens with one attached hydrogen (secondary N) is 2. The first-order chi connectivity index (χ1) is 8.66. The first-order valence-corrected chi connectivity index (χ1v) is 5.55. The summed E-state index contributed by atoms with van der Waals surface area (Å²) in [5.41, 5.74) is 0.907. The minimum absolute atomic E-state index is 0.0626. The van der Waals surface area contributed by atoms with E-state index in [1.54, 1.807) is 6.07 Å². The fourth-order valence-corrected chi connectivity index (χ4v) is 1.55. The molecule has 0 bridgehead atoms. The number of amides is 1. The third kappa shape index (κ3) is 2.91.